The number of rotatable bonds is 3. The first-order valence-electron chi connectivity index (χ1n) is 3.79. The Morgan fingerprint density at radius 1 is 1.42 bits per heavy atom. The predicted octanol–water partition coefficient (Wildman–Crippen LogP) is 2.15. The Balaban J connectivity index is 2.79. The molecule has 0 aliphatic carbocycles. The van der Waals surface area contributed by atoms with Crippen LogP contribution in [0.1, 0.15) is 5.56 Å². The van der Waals surface area contributed by atoms with Gasteiger partial charge in [-0.3, -0.25) is 0 Å². The summed E-state index contributed by atoms with van der Waals surface area (Å²) in [6.07, 6.45) is 0. The van der Waals surface area contributed by atoms with Gasteiger partial charge in [-0.1, -0.05) is 12.1 Å². The molecule has 0 unspecified atom stereocenters. The molecule has 0 saturated heterocycles. The quantitative estimate of drug-likeness (QED) is 0.641. The molecule has 0 aromatic heterocycles. The van der Waals surface area contributed by atoms with Crippen LogP contribution in [-0.4, -0.2) is 19.0 Å². The summed E-state index contributed by atoms with van der Waals surface area (Å²) in [6, 6.07) is 7.32. The van der Waals surface area contributed by atoms with Crippen LogP contribution in [0.25, 0.3) is 0 Å². The van der Waals surface area contributed by atoms with Crippen molar-refractivity contribution < 1.29 is 0 Å². The van der Waals surface area contributed by atoms with Crippen LogP contribution in [0.5, 0.6) is 0 Å². The van der Waals surface area contributed by atoms with Gasteiger partial charge in [0.2, 0.25) is 0 Å². The molecule has 0 atom stereocenters. The van der Waals surface area contributed by atoms with E-state index >= 15 is 0 Å². The third kappa shape index (κ3) is 2.43. The second kappa shape index (κ2) is 3.97. The standard InChI is InChI=1S/C9H12N2O/c1-11(2)7-8-4-3-5-9(6-8)10-12/h3-6H,7H2,1-2H3. The lowest BCUT2D eigenvalue weighted by Gasteiger charge is -2.08. The molecule has 0 spiro atoms. The van der Waals surface area contributed by atoms with Crippen molar-refractivity contribution in [3.05, 3.63) is 34.7 Å². The zero-order chi connectivity index (χ0) is 8.97. The highest BCUT2D eigenvalue weighted by atomic mass is 16.3. The van der Waals surface area contributed by atoms with E-state index in [1.807, 2.05) is 31.1 Å². The molecule has 0 bridgehead atoms. The van der Waals surface area contributed by atoms with Gasteiger partial charge < -0.3 is 4.90 Å². The van der Waals surface area contributed by atoms with Gasteiger partial charge in [-0.15, -0.1) is 4.91 Å². The summed E-state index contributed by atoms with van der Waals surface area (Å²) in [7, 11) is 3.97. The minimum Gasteiger partial charge on any atom is -0.305 e. The molecule has 0 saturated carbocycles. The third-order valence-corrected chi connectivity index (χ3v) is 1.51. The van der Waals surface area contributed by atoms with E-state index in [9.17, 15) is 4.91 Å². The first-order chi connectivity index (χ1) is 5.72. The lowest BCUT2D eigenvalue weighted by Crippen LogP contribution is -2.10. The van der Waals surface area contributed by atoms with Gasteiger partial charge in [0.1, 0.15) is 5.69 Å². The predicted molar refractivity (Wildman–Crippen MR) is 49.3 cm³/mol. The third-order valence-electron chi connectivity index (χ3n) is 1.51. The van der Waals surface area contributed by atoms with Gasteiger partial charge >= 0.3 is 0 Å². The van der Waals surface area contributed by atoms with Crippen LogP contribution in [0, 0.1) is 4.91 Å². The normalized spacial score (nSPS) is 10.2. The van der Waals surface area contributed by atoms with Crippen LogP contribution in [-0.2, 0) is 6.54 Å². The number of hydrogen-bond acceptors (Lipinski definition) is 3. The summed E-state index contributed by atoms with van der Waals surface area (Å²) in [4.78, 5) is 12.2. The highest BCUT2D eigenvalue weighted by Gasteiger charge is 1.96. The van der Waals surface area contributed by atoms with Crippen molar-refractivity contribution in [3.63, 3.8) is 0 Å². The summed E-state index contributed by atoms with van der Waals surface area (Å²) >= 11 is 0. The molecule has 1 rings (SSSR count). The summed E-state index contributed by atoms with van der Waals surface area (Å²) in [5, 5.41) is 2.87. The van der Waals surface area contributed by atoms with E-state index in [2.05, 4.69) is 5.18 Å². The summed E-state index contributed by atoms with van der Waals surface area (Å²) < 4.78 is 0. The molecule has 64 valence electrons. The van der Waals surface area contributed by atoms with E-state index in [1.165, 1.54) is 0 Å². The first-order valence-corrected chi connectivity index (χ1v) is 3.79. The first kappa shape index (κ1) is 8.87. The zero-order valence-electron chi connectivity index (χ0n) is 7.32. The Labute approximate surface area is 72.0 Å². The van der Waals surface area contributed by atoms with Crippen LogP contribution < -0.4 is 0 Å². The fourth-order valence-corrected chi connectivity index (χ4v) is 1.08. The minimum atomic E-state index is 0.495. The molecule has 0 aliphatic rings. The second-order valence-corrected chi connectivity index (χ2v) is 3.00. The van der Waals surface area contributed by atoms with E-state index in [4.69, 9.17) is 0 Å². The lowest BCUT2D eigenvalue weighted by molar-refractivity contribution is 0.402. The second-order valence-electron chi connectivity index (χ2n) is 3.00. The molecule has 0 aliphatic heterocycles. The van der Waals surface area contributed by atoms with Crippen molar-refractivity contribution in [1.82, 2.24) is 4.90 Å². The van der Waals surface area contributed by atoms with Crippen molar-refractivity contribution in [3.8, 4) is 0 Å². The highest BCUT2D eigenvalue weighted by Crippen LogP contribution is 2.13. The number of nitrogens with zero attached hydrogens (tertiary/aromatic N) is 2. The largest absolute Gasteiger partial charge is 0.305 e. The van der Waals surface area contributed by atoms with Gasteiger partial charge in [0.25, 0.3) is 0 Å². The maximum Gasteiger partial charge on any atom is 0.108 e. The number of benzene rings is 1. The molecular weight excluding hydrogens is 152 g/mol. The van der Waals surface area contributed by atoms with E-state index < -0.39 is 0 Å². The molecule has 0 amide bonds. The van der Waals surface area contributed by atoms with Crippen LogP contribution in [0.2, 0.25) is 0 Å². The fourth-order valence-electron chi connectivity index (χ4n) is 1.08. The fraction of sp³-hybridized carbons (Fsp3) is 0.333. The van der Waals surface area contributed by atoms with E-state index in [1.54, 1.807) is 12.1 Å². The maximum absolute atomic E-state index is 10.2. The van der Waals surface area contributed by atoms with Gasteiger partial charge in [0.05, 0.1) is 0 Å². The van der Waals surface area contributed by atoms with E-state index in [0.717, 1.165) is 12.1 Å². The SMILES string of the molecule is CN(C)Cc1cccc(N=O)c1. The lowest BCUT2D eigenvalue weighted by atomic mass is 10.2. The van der Waals surface area contributed by atoms with Crippen molar-refractivity contribution in [2.45, 2.75) is 6.54 Å². The molecule has 3 heteroatoms. The molecule has 1 aromatic rings. The smallest absolute Gasteiger partial charge is 0.108 e. The Kier molecular flexibility index (Phi) is 2.94. The van der Waals surface area contributed by atoms with Crippen LogP contribution >= 0.6 is 0 Å². The van der Waals surface area contributed by atoms with Gasteiger partial charge in [-0.25, -0.2) is 0 Å². The zero-order valence-corrected chi connectivity index (χ0v) is 7.32. The molecule has 3 nitrogen and oxygen atoms in total. The van der Waals surface area contributed by atoms with Gasteiger partial charge in [0.15, 0.2) is 0 Å². The van der Waals surface area contributed by atoms with Crippen molar-refractivity contribution in [1.29, 1.82) is 0 Å². The topological polar surface area (TPSA) is 32.7 Å². The molecule has 0 radical (unpaired) electrons. The summed E-state index contributed by atoms with van der Waals surface area (Å²) in [6.45, 7) is 0.837. The van der Waals surface area contributed by atoms with E-state index in [-0.39, 0.29) is 0 Å². The van der Waals surface area contributed by atoms with E-state index in [0.29, 0.717) is 5.69 Å². The molecule has 1 aromatic carbocycles. The van der Waals surface area contributed by atoms with Crippen LogP contribution in [0.3, 0.4) is 0 Å². The van der Waals surface area contributed by atoms with Gasteiger partial charge in [-0.2, -0.15) is 0 Å². The Morgan fingerprint density at radius 3 is 2.75 bits per heavy atom. The van der Waals surface area contributed by atoms with Crippen molar-refractivity contribution in [2.75, 3.05) is 14.1 Å². The Bertz CT molecular complexity index is 271. The molecule has 12 heavy (non-hydrogen) atoms. The van der Waals surface area contributed by atoms with Crippen molar-refractivity contribution in [2.24, 2.45) is 5.18 Å². The average molecular weight is 164 g/mol. The molecular formula is C9H12N2O. The van der Waals surface area contributed by atoms with Gasteiger partial charge in [-0.05, 0) is 37.0 Å². The highest BCUT2D eigenvalue weighted by molar-refractivity contribution is 5.39. The molecule has 0 N–H and O–H groups in total. The Morgan fingerprint density at radius 2 is 2.17 bits per heavy atom. The molecule has 0 heterocycles. The number of hydrogen-bond donors (Lipinski definition) is 0. The van der Waals surface area contributed by atoms with Crippen LogP contribution in [0.4, 0.5) is 5.69 Å². The van der Waals surface area contributed by atoms with Gasteiger partial charge in [0, 0.05) is 6.54 Å². The average Bonchev–Trinajstić information content (AvgIpc) is 2.03. The number of nitroso groups, excluding NO2 is 1. The van der Waals surface area contributed by atoms with Crippen LogP contribution in [0.15, 0.2) is 29.4 Å². The molecule has 0 fully saturated rings. The minimum absolute atomic E-state index is 0.495. The maximum atomic E-state index is 10.2. The summed E-state index contributed by atoms with van der Waals surface area (Å²) in [5.41, 5.74) is 1.60. The Hall–Kier alpha value is -1.22. The summed E-state index contributed by atoms with van der Waals surface area (Å²) in [5.74, 6) is 0. The monoisotopic (exact) mass is 164 g/mol. The van der Waals surface area contributed by atoms with Crippen molar-refractivity contribution >= 4 is 5.69 Å².